The van der Waals surface area contributed by atoms with Crippen LogP contribution in [0.3, 0.4) is 0 Å². The summed E-state index contributed by atoms with van der Waals surface area (Å²) in [6, 6.07) is 13.7. The number of ether oxygens (including phenoxy) is 1. The molecule has 5 heteroatoms. The van der Waals surface area contributed by atoms with Gasteiger partial charge in [0.2, 0.25) is 0 Å². The number of hydrogen-bond donors (Lipinski definition) is 1. The largest absolute Gasteiger partial charge is 0.492 e. The predicted octanol–water partition coefficient (Wildman–Crippen LogP) is 4.14. The van der Waals surface area contributed by atoms with E-state index < -0.39 is 5.41 Å². The minimum Gasteiger partial charge on any atom is -0.492 e. The Morgan fingerprint density at radius 2 is 2.07 bits per heavy atom. The number of aliphatic hydroxyl groups excluding tert-OH is 1. The molecule has 0 saturated carbocycles. The SMILES string of the molecule is CC1(C)c2cc(OCCN3CCCC3CO)ccc2C(=O)c2c1oc1ccccc21. The molecule has 1 N–H and O–H groups in total. The lowest BCUT2D eigenvalue weighted by Gasteiger charge is -2.31. The van der Waals surface area contributed by atoms with Crippen LogP contribution in [0.15, 0.2) is 46.9 Å². The zero-order valence-corrected chi connectivity index (χ0v) is 17.5. The van der Waals surface area contributed by atoms with Crippen molar-refractivity contribution in [2.75, 3.05) is 26.3 Å². The molecule has 1 unspecified atom stereocenters. The monoisotopic (exact) mass is 405 g/mol. The number of fused-ring (bicyclic) bond motifs is 4. The fourth-order valence-electron chi connectivity index (χ4n) is 4.97. The van der Waals surface area contributed by atoms with E-state index in [1.165, 1.54) is 0 Å². The van der Waals surface area contributed by atoms with Crippen LogP contribution in [0.1, 0.15) is 53.9 Å². The average Bonchev–Trinajstić information content (AvgIpc) is 3.37. The van der Waals surface area contributed by atoms with E-state index in [4.69, 9.17) is 9.15 Å². The third kappa shape index (κ3) is 2.96. The van der Waals surface area contributed by atoms with Gasteiger partial charge in [0.15, 0.2) is 5.78 Å². The molecule has 2 heterocycles. The summed E-state index contributed by atoms with van der Waals surface area (Å²) >= 11 is 0. The molecule has 30 heavy (non-hydrogen) atoms. The zero-order chi connectivity index (χ0) is 20.9. The Bertz CT molecular complexity index is 1110. The maximum absolute atomic E-state index is 13.3. The maximum Gasteiger partial charge on any atom is 0.197 e. The third-order valence-electron chi connectivity index (χ3n) is 6.66. The van der Waals surface area contributed by atoms with Crippen LogP contribution in [-0.4, -0.2) is 48.1 Å². The average molecular weight is 405 g/mol. The Kier molecular flexibility index (Phi) is 4.68. The first-order chi connectivity index (χ1) is 14.5. The number of carbonyl (C=O) groups is 1. The maximum atomic E-state index is 13.3. The first kappa shape index (κ1) is 19.3. The summed E-state index contributed by atoms with van der Waals surface area (Å²) < 4.78 is 12.2. The van der Waals surface area contributed by atoms with Crippen LogP contribution in [0.4, 0.5) is 0 Å². The van der Waals surface area contributed by atoms with E-state index in [2.05, 4.69) is 18.7 Å². The van der Waals surface area contributed by atoms with Crippen LogP contribution < -0.4 is 4.74 Å². The van der Waals surface area contributed by atoms with Crippen molar-refractivity contribution in [2.45, 2.75) is 38.1 Å². The normalized spacial score (nSPS) is 20.4. The Labute approximate surface area is 176 Å². The molecule has 1 aromatic heterocycles. The van der Waals surface area contributed by atoms with Crippen molar-refractivity contribution in [3.8, 4) is 5.75 Å². The Hall–Kier alpha value is -2.63. The highest BCUT2D eigenvalue weighted by atomic mass is 16.5. The van der Waals surface area contributed by atoms with E-state index in [9.17, 15) is 9.90 Å². The van der Waals surface area contributed by atoms with Gasteiger partial charge >= 0.3 is 0 Å². The highest BCUT2D eigenvalue weighted by molar-refractivity contribution is 6.19. The number of carbonyl (C=O) groups excluding carboxylic acids is 1. The first-order valence-electron chi connectivity index (χ1n) is 10.7. The summed E-state index contributed by atoms with van der Waals surface area (Å²) in [5, 5.41) is 10.4. The molecular formula is C25H27NO4. The fourth-order valence-corrected chi connectivity index (χ4v) is 4.97. The number of aliphatic hydroxyl groups is 1. The second kappa shape index (κ2) is 7.25. The molecule has 0 spiro atoms. The fraction of sp³-hybridized carbons (Fsp3) is 0.400. The van der Waals surface area contributed by atoms with E-state index in [0.29, 0.717) is 17.7 Å². The van der Waals surface area contributed by atoms with Crippen molar-refractivity contribution in [3.63, 3.8) is 0 Å². The lowest BCUT2D eigenvalue weighted by Crippen LogP contribution is -2.35. The third-order valence-corrected chi connectivity index (χ3v) is 6.66. The number of benzene rings is 2. The van der Waals surface area contributed by atoms with Gasteiger partial charge in [-0.05, 0) is 63.1 Å². The number of hydrogen-bond acceptors (Lipinski definition) is 5. The predicted molar refractivity (Wildman–Crippen MR) is 115 cm³/mol. The van der Waals surface area contributed by atoms with Crippen LogP contribution in [0, 0.1) is 0 Å². The molecule has 1 aliphatic carbocycles. The van der Waals surface area contributed by atoms with Crippen molar-refractivity contribution in [1.82, 2.24) is 4.90 Å². The molecule has 1 saturated heterocycles. The Morgan fingerprint density at radius 3 is 2.90 bits per heavy atom. The minimum absolute atomic E-state index is 0.0127. The van der Waals surface area contributed by atoms with E-state index in [1.807, 2.05) is 42.5 Å². The second-order valence-electron chi connectivity index (χ2n) is 8.83. The Morgan fingerprint density at radius 1 is 1.23 bits per heavy atom. The quantitative estimate of drug-likeness (QED) is 0.691. The van der Waals surface area contributed by atoms with Gasteiger partial charge in [-0.1, -0.05) is 18.2 Å². The van der Waals surface area contributed by atoms with E-state index in [1.54, 1.807) is 0 Å². The second-order valence-corrected chi connectivity index (χ2v) is 8.83. The highest BCUT2D eigenvalue weighted by Gasteiger charge is 2.41. The molecular weight excluding hydrogens is 378 g/mol. The standard InChI is InChI=1S/C25H27NO4/c1-25(2)20-14-17(29-13-12-26-11-5-6-16(26)15-27)9-10-18(20)23(28)22-19-7-3-4-8-21(19)30-24(22)25/h3-4,7-10,14,16,27H,5-6,11-13,15H2,1-2H3. The smallest absolute Gasteiger partial charge is 0.197 e. The van der Waals surface area contributed by atoms with Gasteiger partial charge in [0, 0.05) is 29.0 Å². The summed E-state index contributed by atoms with van der Waals surface area (Å²) in [6.07, 6.45) is 2.17. The van der Waals surface area contributed by atoms with Gasteiger partial charge in [-0.2, -0.15) is 0 Å². The number of nitrogens with zero attached hydrogens (tertiary/aromatic N) is 1. The molecule has 0 amide bonds. The highest BCUT2D eigenvalue weighted by Crippen LogP contribution is 2.46. The van der Waals surface area contributed by atoms with Crippen LogP contribution in [0.25, 0.3) is 11.0 Å². The molecule has 5 nitrogen and oxygen atoms in total. The van der Waals surface area contributed by atoms with Gasteiger partial charge in [0.1, 0.15) is 23.7 Å². The number of para-hydroxylation sites is 1. The molecule has 0 radical (unpaired) electrons. The lowest BCUT2D eigenvalue weighted by molar-refractivity contribution is 0.102. The Balaban J connectivity index is 1.42. The van der Waals surface area contributed by atoms with Gasteiger partial charge in [0.25, 0.3) is 0 Å². The van der Waals surface area contributed by atoms with Gasteiger partial charge in [-0.3, -0.25) is 9.69 Å². The molecule has 5 rings (SSSR count). The molecule has 156 valence electrons. The summed E-state index contributed by atoms with van der Waals surface area (Å²) in [5.41, 5.74) is 2.64. The van der Waals surface area contributed by atoms with Crippen LogP contribution in [-0.2, 0) is 5.41 Å². The number of likely N-dealkylation sites (tertiary alicyclic amines) is 1. The summed E-state index contributed by atoms with van der Waals surface area (Å²) in [6.45, 7) is 6.75. The minimum atomic E-state index is -0.437. The topological polar surface area (TPSA) is 62.9 Å². The zero-order valence-electron chi connectivity index (χ0n) is 17.5. The van der Waals surface area contributed by atoms with E-state index >= 15 is 0 Å². The van der Waals surface area contributed by atoms with Crippen LogP contribution in [0.5, 0.6) is 5.75 Å². The summed E-state index contributed by atoms with van der Waals surface area (Å²) in [4.78, 5) is 15.6. The van der Waals surface area contributed by atoms with Crippen molar-refractivity contribution < 1.29 is 19.1 Å². The molecule has 1 atom stereocenters. The van der Waals surface area contributed by atoms with Crippen molar-refractivity contribution in [2.24, 2.45) is 0 Å². The van der Waals surface area contributed by atoms with Crippen LogP contribution in [0.2, 0.25) is 0 Å². The molecule has 2 aliphatic rings. The van der Waals surface area contributed by atoms with Crippen LogP contribution >= 0.6 is 0 Å². The van der Waals surface area contributed by atoms with Gasteiger partial charge < -0.3 is 14.3 Å². The van der Waals surface area contributed by atoms with E-state index in [-0.39, 0.29) is 18.4 Å². The summed E-state index contributed by atoms with van der Waals surface area (Å²) in [5.74, 6) is 1.49. The number of rotatable bonds is 5. The first-order valence-corrected chi connectivity index (χ1v) is 10.7. The van der Waals surface area contributed by atoms with Crippen molar-refractivity contribution in [1.29, 1.82) is 0 Å². The van der Waals surface area contributed by atoms with Crippen molar-refractivity contribution in [3.05, 3.63) is 64.9 Å². The molecule has 1 fully saturated rings. The number of furan rings is 1. The molecule has 3 aromatic rings. The number of ketones is 1. The van der Waals surface area contributed by atoms with Gasteiger partial charge in [-0.15, -0.1) is 0 Å². The lowest BCUT2D eigenvalue weighted by atomic mass is 9.72. The molecule has 2 aromatic carbocycles. The summed E-state index contributed by atoms with van der Waals surface area (Å²) in [7, 11) is 0. The van der Waals surface area contributed by atoms with E-state index in [0.717, 1.165) is 54.0 Å². The van der Waals surface area contributed by atoms with Gasteiger partial charge in [-0.25, -0.2) is 0 Å². The van der Waals surface area contributed by atoms with Gasteiger partial charge in [0.05, 0.1) is 12.2 Å². The molecule has 0 bridgehead atoms. The molecule has 1 aliphatic heterocycles. The van der Waals surface area contributed by atoms with Crippen molar-refractivity contribution >= 4 is 16.8 Å².